The number of nitriles is 1. The fourth-order valence-corrected chi connectivity index (χ4v) is 1.78. The Kier molecular flexibility index (Phi) is 4.47. The number of rotatable bonds is 4. The van der Waals surface area contributed by atoms with Gasteiger partial charge in [0, 0.05) is 18.3 Å². The van der Waals surface area contributed by atoms with Gasteiger partial charge in [-0.25, -0.2) is 0 Å². The van der Waals surface area contributed by atoms with Crippen LogP contribution < -0.4 is 11.1 Å². The lowest BCUT2D eigenvalue weighted by Crippen LogP contribution is -2.34. The lowest BCUT2D eigenvalue weighted by molar-refractivity contribution is 0.531. The highest BCUT2D eigenvalue weighted by atomic mass is 15.0. The van der Waals surface area contributed by atoms with Crippen LogP contribution in [0.25, 0.3) is 0 Å². The lowest BCUT2D eigenvalue weighted by atomic mass is 10.0. The predicted octanol–water partition coefficient (Wildman–Crippen LogP) is 1.97. The molecule has 4 nitrogen and oxygen atoms in total. The number of pyridine rings is 1. The maximum absolute atomic E-state index is 9.15. The molecule has 0 radical (unpaired) electrons. The highest BCUT2D eigenvalue weighted by Crippen LogP contribution is 2.20. The fourth-order valence-electron chi connectivity index (χ4n) is 1.78. The molecule has 0 aliphatic carbocycles. The second kappa shape index (κ2) is 5.65. The summed E-state index contributed by atoms with van der Waals surface area (Å²) in [7, 11) is 0. The first-order valence-corrected chi connectivity index (χ1v) is 5.84. The van der Waals surface area contributed by atoms with Crippen LogP contribution in [0.5, 0.6) is 0 Å². The Labute approximate surface area is 103 Å². The van der Waals surface area contributed by atoms with E-state index >= 15 is 0 Å². The largest absolute Gasteiger partial charge is 0.380 e. The number of nitrogens with zero attached hydrogens (tertiary/aromatic N) is 2. The number of anilines is 1. The molecule has 1 atom stereocenters. The molecule has 0 aliphatic rings. The van der Waals surface area contributed by atoms with E-state index in [4.69, 9.17) is 11.0 Å². The van der Waals surface area contributed by atoms with E-state index in [1.807, 2.05) is 19.9 Å². The molecule has 1 aromatic heterocycles. The van der Waals surface area contributed by atoms with Crippen molar-refractivity contribution < 1.29 is 0 Å². The van der Waals surface area contributed by atoms with Gasteiger partial charge < -0.3 is 11.1 Å². The highest BCUT2D eigenvalue weighted by molar-refractivity contribution is 5.60. The summed E-state index contributed by atoms with van der Waals surface area (Å²) in [4.78, 5) is 4.29. The number of nitrogens with two attached hydrogens (primary N) is 1. The summed E-state index contributed by atoms with van der Waals surface area (Å²) in [5, 5.41) is 12.5. The molecule has 0 aromatic carbocycles. The minimum atomic E-state index is 0.170. The molecule has 0 amide bonds. The van der Waals surface area contributed by atoms with Crippen molar-refractivity contribution in [3.63, 3.8) is 0 Å². The normalized spacial score (nSPS) is 12.3. The summed E-state index contributed by atoms with van der Waals surface area (Å²) in [6.07, 6.45) is 0. The Morgan fingerprint density at radius 1 is 1.47 bits per heavy atom. The molecule has 0 saturated carbocycles. The molecular formula is C13H20N4. The van der Waals surface area contributed by atoms with Gasteiger partial charge in [0.05, 0.1) is 16.9 Å². The van der Waals surface area contributed by atoms with Crippen LogP contribution in [0.2, 0.25) is 0 Å². The maximum Gasteiger partial charge on any atom is 0.103 e. The average molecular weight is 232 g/mol. The minimum Gasteiger partial charge on any atom is -0.380 e. The molecule has 0 saturated heterocycles. The zero-order valence-corrected chi connectivity index (χ0v) is 10.9. The zero-order valence-electron chi connectivity index (χ0n) is 10.9. The molecule has 1 aromatic rings. The van der Waals surface area contributed by atoms with Gasteiger partial charge in [0.1, 0.15) is 6.07 Å². The summed E-state index contributed by atoms with van der Waals surface area (Å²) in [6.45, 7) is 8.54. The predicted molar refractivity (Wildman–Crippen MR) is 69.7 cm³/mol. The number of aromatic nitrogens is 1. The molecule has 1 rings (SSSR count). The molecule has 0 bridgehead atoms. The summed E-state index contributed by atoms with van der Waals surface area (Å²) in [6, 6.07) is 4.26. The number of hydrogen-bond acceptors (Lipinski definition) is 4. The highest BCUT2D eigenvalue weighted by Gasteiger charge is 2.15. The van der Waals surface area contributed by atoms with Gasteiger partial charge in [-0.3, -0.25) is 4.98 Å². The third-order valence-corrected chi connectivity index (χ3v) is 2.84. The van der Waals surface area contributed by atoms with Crippen LogP contribution in [0, 0.1) is 31.1 Å². The van der Waals surface area contributed by atoms with Crippen molar-refractivity contribution in [1.29, 1.82) is 5.26 Å². The summed E-state index contributed by atoms with van der Waals surface area (Å²) in [5.41, 5.74) is 8.83. The van der Waals surface area contributed by atoms with Crippen LogP contribution in [0.1, 0.15) is 30.8 Å². The summed E-state index contributed by atoms with van der Waals surface area (Å²) in [5.74, 6) is 0.417. The van der Waals surface area contributed by atoms with Gasteiger partial charge in [-0.15, -0.1) is 0 Å². The first-order valence-electron chi connectivity index (χ1n) is 5.84. The van der Waals surface area contributed by atoms with E-state index in [1.165, 1.54) is 0 Å². The standard InChI is InChI=1S/C13H20N4/c1-8(2)13(7-15)17-12-5-9(3)16-10(4)11(12)6-14/h5,8,13H,7,15H2,1-4H3,(H,16,17). The van der Waals surface area contributed by atoms with Crippen molar-refractivity contribution in [2.24, 2.45) is 11.7 Å². The van der Waals surface area contributed by atoms with E-state index in [0.717, 1.165) is 17.1 Å². The van der Waals surface area contributed by atoms with Gasteiger partial charge in [-0.1, -0.05) is 13.8 Å². The molecule has 0 fully saturated rings. The van der Waals surface area contributed by atoms with Crippen LogP contribution in [0.4, 0.5) is 5.69 Å². The van der Waals surface area contributed by atoms with Crippen molar-refractivity contribution in [3.8, 4) is 6.07 Å². The van der Waals surface area contributed by atoms with Gasteiger partial charge in [0.15, 0.2) is 0 Å². The average Bonchev–Trinajstić information content (AvgIpc) is 2.24. The molecular weight excluding hydrogens is 212 g/mol. The molecule has 4 heteroatoms. The number of hydrogen-bond donors (Lipinski definition) is 2. The SMILES string of the molecule is Cc1cc(NC(CN)C(C)C)c(C#N)c(C)n1. The van der Waals surface area contributed by atoms with Gasteiger partial charge in [-0.05, 0) is 25.8 Å². The van der Waals surface area contributed by atoms with Crippen molar-refractivity contribution in [3.05, 3.63) is 23.0 Å². The van der Waals surface area contributed by atoms with E-state index in [1.54, 1.807) is 0 Å². The molecule has 0 spiro atoms. The van der Waals surface area contributed by atoms with Crippen LogP contribution in [0.3, 0.4) is 0 Å². The van der Waals surface area contributed by atoms with Crippen molar-refractivity contribution in [2.75, 3.05) is 11.9 Å². The van der Waals surface area contributed by atoms with E-state index in [2.05, 4.69) is 30.2 Å². The van der Waals surface area contributed by atoms with E-state index in [9.17, 15) is 0 Å². The molecule has 1 unspecified atom stereocenters. The molecule has 0 aliphatic heterocycles. The van der Waals surface area contributed by atoms with E-state index in [0.29, 0.717) is 18.0 Å². The first-order chi connectivity index (χ1) is 7.99. The third kappa shape index (κ3) is 3.18. The first kappa shape index (κ1) is 13.5. The van der Waals surface area contributed by atoms with E-state index in [-0.39, 0.29) is 6.04 Å². The molecule has 92 valence electrons. The van der Waals surface area contributed by atoms with Gasteiger partial charge in [0.25, 0.3) is 0 Å². The van der Waals surface area contributed by atoms with Crippen LogP contribution in [-0.4, -0.2) is 17.6 Å². The van der Waals surface area contributed by atoms with Gasteiger partial charge in [0.2, 0.25) is 0 Å². The third-order valence-electron chi connectivity index (χ3n) is 2.84. The van der Waals surface area contributed by atoms with E-state index < -0.39 is 0 Å². The Morgan fingerprint density at radius 2 is 2.12 bits per heavy atom. The Morgan fingerprint density at radius 3 is 2.59 bits per heavy atom. The van der Waals surface area contributed by atoms with Crippen molar-refractivity contribution in [2.45, 2.75) is 33.7 Å². The van der Waals surface area contributed by atoms with Gasteiger partial charge in [-0.2, -0.15) is 5.26 Å². The quantitative estimate of drug-likeness (QED) is 0.832. The minimum absolute atomic E-state index is 0.170. The maximum atomic E-state index is 9.15. The second-order valence-corrected chi connectivity index (χ2v) is 4.61. The topological polar surface area (TPSA) is 74.7 Å². The number of aryl methyl sites for hydroxylation is 2. The molecule has 17 heavy (non-hydrogen) atoms. The Bertz CT molecular complexity index is 432. The van der Waals surface area contributed by atoms with Crippen LogP contribution >= 0.6 is 0 Å². The van der Waals surface area contributed by atoms with Crippen molar-refractivity contribution in [1.82, 2.24) is 4.98 Å². The van der Waals surface area contributed by atoms with Gasteiger partial charge >= 0.3 is 0 Å². The Balaban J connectivity index is 3.09. The molecule has 3 N–H and O–H groups in total. The Hall–Kier alpha value is -1.60. The second-order valence-electron chi connectivity index (χ2n) is 4.61. The fraction of sp³-hybridized carbons (Fsp3) is 0.538. The lowest BCUT2D eigenvalue weighted by Gasteiger charge is -2.23. The zero-order chi connectivity index (χ0) is 13.0. The monoisotopic (exact) mass is 232 g/mol. The van der Waals surface area contributed by atoms with Crippen molar-refractivity contribution >= 4 is 5.69 Å². The summed E-state index contributed by atoms with van der Waals surface area (Å²) < 4.78 is 0. The van der Waals surface area contributed by atoms with Crippen LogP contribution in [0.15, 0.2) is 6.07 Å². The molecule has 1 heterocycles. The number of nitrogens with one attached hydrogen (secondary N) is 1. The smallest absolute Gasteiger partial charge is 0.103 e. The van der Waals surface area contributed by atoms with Crippen LogP contribution in [-0.2, 0) is 0 Å². The summed E-state index contributed by atoms with van der Waals surface area (Å²) >= 11 is 0.